The molecule has 0 atom stereocenters. The topological polar surface area (TPSA) is 32.8 Å². The third-order valence-corrected chi connectivity index (χ3v) is 3.30. The normalized spacial score (nSPS) is 16.2. The van der Waals surface area contributed by atoms with Gasteiger partial charge < -0.3 is 9.64 Å². The van der Waals surface area contributed by atoms with Crippen molar-refractivity contribution in [3.63, 3.8) is 0 Å². The molecule has 0 spiro atoms. The average molecular weight is 284 g/mol. The molecule has 0 aliphatic carbocycles. The Morgan fingerprint density at radius 1 is 1.25 bits per heavy atom. The molecule has 1 aliphatic heterocycles. The van der Waals surface area contributed by atoms with Crippen LogP contribution in [0.4, 0.5) is 13.6 Å². The van der Waals surface area contributed by atoms with Crippen LogP contribution in [0, 0.1) is 11.6 Å². The number of piperazine rings is 1. The lowest BCUT2D eigenvalue weighted by atomic mass is 10.2. The first kappa shape index (κ1) is 14.7. The zero-order valence-corrected chi connectivity index (χ0v) is 11.4. The Hall–Kier alpha value is -1.69. The summed E-state index contributed by atoms with van der Waals surface area (Å²) >= 11 is 0. The van der Waals surface area contributed by atoms with Crippen molar-refractivity contribution in [3.8, 4) is 0 Å². The number of benzene rings is 1. The molecule has 1 heterocycles. The van der Waals surface area contributed by atoms with Crippen LogP contribution >= 0.6 is 0 Å². The van der Waals surface area contributed by atoms with Crippen molar-refractivity contribution in [1.29, 1.82) is 0 Å². The molecule has 2 rings (SSSR count). The van der Waals surface area contributed by atoms with E-state index in [0.717, 1.165) is 12.1 Å². The summed E-state index contributed by atoms with van der Waals surface area (Å²) in [5.41, 5.74) is 0.342. The van der Waals surface area contributed by atoms with Crippen molar-refractivity contribution in [2.24, 2.45) is 0 Å². The van der Waals surface area contributed by atoms with Gasteiger partial charge in [-0.25, -0.2) is 13.6 Å². The van der Waals surface area contributed by atoms with Gasteiger partial charge in [0.05, 0.1) is 6.61 Å². The summed E-state index contributed by atoms with van der Waals surface area (Å²) in [5.74, 6) is -0.842. The maximum absolute atomic E-state index is 13.6. The predicted molar refractivity (Wildman–Crippen MR) is 70.2 cm³/mol. The highest BCUT2D eigenvalue weighted by atomic mass is 19.1. The van der Waals surface area contributed by atoms with Gasteiger partial charge in [0.2, 0.25) is 0 Å². The summed E-state index contributed by atoms with van der Waals surface area (Å²) in [6.07, 6.45) is -0.316. The summed E-state index contributed by atoms with van der Waals surface area (Å²) in [7, 11) is 0. The average Bonchev–Trinajstić information content (AvgIpc) is 2.44. The van der Waals surface area contributed by atoms with Crippen LogP contribution in [0.5, 0.6) is 0 Å². The molecule has 1 aliphatic rings. The molecule has 20 heavy (non-hydrogen) atoms. The summed E-state index contributed by atoms with van der Waals surface area (Å²) in [6, 6.07) is 3.46. The van der Waals surface area contributed by atoms with Gasteiger partial charge in [0.25, 0.3) is 0 Å². The van der Waals surface area contributed by atoms with Crippen LogP contribution in [0.15, 0.2) is 18.2 Å². The van der Waals surface area contributed by atoms with Gasteiger partial charge in [0, 0.05) is 38.3 Å². The van der Waals surface area contributed by atoms with E-state index in [2.05, 4.69) is 0 Å². The molecule has 1 fully saturated rings. The number of hydrogen-bond acceptors (Lipinski definition) is 3. The van der Waals surface area contributed by atoms with Crippen LogP contribution in [0.2, 0.25) is 0 Å². The minimum Gasteiger partial charge on any atom is -0.450 e. The second kappa shape index (κ2) is 6.65. The summed E-state index contributed by atoms with van der Waals surface area (Å²) in [6.45, 7) is 4.78. The van der Waals surface area contributed by atoms with E-state index < -0.39 is 11.6 Å². The van der Waals surface area contributed by atoms with Crippen molar-refractivity contribution in [2.45, 2.75) is 13.5 Å². The first-order chi connectivity index (χ1) is 9.60. The Morgan fingerprint density at radius 3 is 2.60 bits per heavy atom. The smallest absolute Gasteiger partial charge is 0.409 e. The molecular weight excluding hydrogens is 266 g/mol. The third-order valence-electron chi connectivity index (χ3n) is 3.30. The Morgan fingerprint density at radius 2 is 1.95 bits per heavy atom. The first-order valence-corrected chi connectivity index (χ1v) is 6.68. The van der Waals surface area contributed by atoms with Gasteiger partial charge in [-0.05, 0) is 25.1 Å². The number of ether oxygens (including phenoxy) is 1. The lowest BCUT2D eigenvalue weighted by Crippen LogP contribution is -2.48. The Balaban J connectivity index is 1.88. The second-order valence-electron chi connectivity index (χ2n) is 4.70. The SMILES string of the molecule is CCOC(=O)N1CCN(Cc2cc(F)ccc2F)CC1. The van der Waals surface area contributed by atoms with E-state index in [9.17, 15) is 13.6 Å². The molecule has 0 radical (unpaired) electrons. The fraction of sp³-hybridized carbons (Fsp3) is 0.500. The standard InChI is InChI=1S/C14H18F2N2O2/c1-2-20-14(19)18-7-5-17(6-8-18)10-11-9-12(15)3-4-13(11)16/h3-4,9H,2,5-8,10H2,1H3. The van der Waals surface area contributed by atoms with Crippen molar-refractivity contribution < 1.29 is 18.3 Å². The molecule has 6 heteroatoms. The number of amides is 1. The molecule has 0 aromatic heterocycles. The van der Waals surface area contributed by atoms with Gasteiger partial charge in [-0.1, -0.05) is 0 Å². The molecule has 0 saturated carbocycles. The monoisotopic (exact) mass is 284 g/mol. The van der Waals surface area contributed by atoms with Crippen LogP contribution in [0.3, 0.4) is 0 Å². The van der Waals surface area contributed by atoms with E-state index in [1.807, 2.05) is 4.90 Å². The van der Waals surface area contributed by atoms with Crippen LogP contribution in [-0.2, 0) is 11.3 Å². The largest absolute Gasteiger partial charge is 0.450 e. The van der Waals surface area contributed by atoms with Gasteiger partial charge in [-0.3, -0.25) is 4.90 Å². The van der Waals surface area contributed by atoms with E-state index in [0.29, 0.717) is 44.9 Å². The van der Waals surface area contributed by atoms with Gasteiger partial charge >= 0.3 is 6.09 Å². The molecule has 1 aromatic carbocycles. The van der Waals surface area contributed by atoms with E-state index >= 15 is 0 Å². The molecular formula is C14H18F2N2O2. The molecule has 4 nitrogen and oxygen atoms in total. The maximum atomic E-state index is 13.6. The summed E-state index contributed by atoms with van der Waals surface area (Å²) in [5, 5.41) is 0. The second-order valence-corrected chi connectivity index (χ2v) is 4.70. The van der Waals surface area contributed by atoms with Crippen LogP contribution in [-0.4, -0.2) is 48.7 Å². The van der Waals surface area contributed by atoms with E-state index in [1.54, 1.807) is 11.8 Å². The minimum absolute atomic E-state index is 0.316. The summed E-state index contributed by atoms with van der Waals surface area (Å²) < 4.78 is 31.6. The number of hydrogen-bond donors (Lipinski definition) is 0. The molecule has 110 valence electrons. The predicted octanol–water partition coefficient (Wildman–Crippen LogP) is 2.24. The number of carbonyl (C=O) groups excluding carboxylic acids is 1. The fourth-order valence-corrected chi connectivity index (χ4v) is 2.21. The molecule has 1 aromatic rings. The van der Waals surface area contributed by atoms with Gasteiger partial charge in [0.1, 0.15) is 11.6 Å². The van der Waals surface area contributed by atoms with Crippen molar-refractivity contribution in [1.82, 2.24) is 9.80 Å². The van der Waals surface area contributed by atoms with Crippen LogP contribution < -0.4 is 0 Å². The third kappa shape index (κ3) is 3.66. The number of nitrogens with zero attached hydrogens (tertiary/aromatic N) is 2. The molecule has 0 bridgehead atoms. The highest BCUT2D eigenvalue weighted by Crippen LogP contribution is 2.14. The number of carbonyl (C=O) groups is 1. The van der Waals surface area contributed by atoms with E-state index in [-0.39, 0.29) is 6.09 Å². The number of rotatable bonds is 3. The molecule has 1 amide bonds. The minimum atomic E-state index is -0.438. The molecule has 0 N–H and O–H groups in total. The number of halogens is 2. The lowest BCUT2D eigenvalue weighted by Gasteiger charge is -2.34. The zero-order valence-electron chi connectivity index (χ0n) is 11.4. The van der Waals surface area contributed by atoms with Crippen molar-refractivity contribution >= 4 is 6.09 Å². The lowest BCUT2D eigenvalue weighted by molar-refractivity contribution is 0.0775. The Labute approximate surface area is 116 Å². The fourth-order valence-electron chi connectivity index (χ4n) is 2.21. The Bertz CT molecular complexity index is 474. The van der Waals surface area contributed by atoms with E-state index in [4.69, 9.17) is 4.74 Å². The molecule has 1 saturated heterocycles. The quantitative estimate of drug-likeness (QED) is 0.853. The van der Waals surface area contributed by atoms with Gasteiger partial charge in [0.15, 0.2) is 0 Å². The first-order valence-electron chi connectivity index (χ1n) is 6.68. The summed E-state index contributed by atoms with van der Waals surface area (Å²) in [4.78, 5) is 15.2. The molecule has 0 unspecified atom stereocenters. The van der Waals surface area contributed by atoms with Gasteiger partial charge in [-0.2, -0.15) is 0 Å². The van der Waals surface area contributed by atoms with Crippen LogP contribution in [0.1, 0.15) is 12.5 Å². The highest BCUT2D eigenvalue weighted by Gasteiger charge is 2.22. The zero-order chi connectivity index (χ0) is 14.5. The maximum Gasteiger partial charge on any atom is 0.409 e. The van der Waals surface area contributed by atoms with Gasteiger partial charge in [-0.15, -0.1) is 0 Å². The Kier molecular flexibility index (Phi) is 4.89. The highest BCUT2D eigenvalue weighted by molar-refractivity contribution is 5.67. The van der Waals surface area contributed by atoms with Crippen molar-refractivity contribution in [2.75, 3.05) is 32.8 Å². The van der Waals surface area contributed by atoms with Crippen molar-refractivity contribution in [3.05, 3.63) is 35.4 Å². The van der Waals surface area contributed by atoms with Crippen LogP contribution in [0.25, 0.3) is 0 Å². The van der Waals surface area contributed by atoms with E-state index in [1.165, 1.54) is 6.07 Å².